The van der Waals surface area contributed by atoms with Crippen LogP contribution in [-0.4, -0.2) is 25.1 Å². The molecule has 1 aromatic heterocycles. The van der Waals surface area contributed by atoms with Gasteiger partial charge in [-0.25, -0.2) is 13.1 Å². The summed E-state index contributed by atoms with van der Waals surface area (Å²) in [6, 6.07) is 12.6. The molecule has 2 rings (SSSR count). The standard InChI is InChI=1S/C18H18N2O4S/c1-2-13-25(22,23)20-18(21)11-8-15-6-9-17(10-7-15)24-14-16-5-3-4-12-19-16/h2-12H,1,13-14H2,(H,20,21). The van der Waals surface area contributed by atoms with Gasteiger partial charge in [-0.1, -0.05) is 24.3 Å². The lowest BCUT2D eigenvalue weighted by molar-refractivity contribution is -0.114. The number of benzene rings is 1. The van der Waals surface area contributed by atoms with E-state index >= 15 is 0 Å². The predicted octanol–water partition coefficient (Wildman–Crippen LogP) is 2.31. The summed E-state index contributed by atoms with van der Waals surface area (Å²) in [5.74, 6) is -0.354. The molecule has 7 heteroatoms. The van der Waals surface area contributed by atoms with Crippen molar-refractivity contribution in [3.05, 3.63) is 78.6 Å². The normalized spacial score (nSPS) is 11.2. The van der Waals surface area contributed by atoms with E-state index in [0.717, 1.165) is 17.3 Å². The molecule has 130 valence electrons. The fraction of sp³-hybridized carbons (Fsp3) is 0.111. The second-order valence-electron chi connectivity index (χ2n) is 5.05. The van der Waals surface area contributed by atoms with E-state index in [4.69, 9.17) is 4.74 Å². The molecular formula is C18H18N2O4S. The van der Waals surface area contributed by atoms with E-state index in [2.05, 4.69) is 11.6 Å². The van der Waals surface area contributed by atoms with Crippen molar-refractivity contribution in [1.82, 2.24) is 9.71 Å². The number of nitrogens with zero attached hydrogens (tertiary/aromatic N) is 1. The molecule has 1 aromatic carbocycles. The second-order valence-corrected chi connectivity index (χ2v) is 6.82. The zero-order valence-corrected chi connectivity index (χ0v) is 14.3. The molecular weight excluding hydrogens is 340 g/mol. The average molecular weight is 358 g/mol. The van der Waals surface area contributed by atoms with Crippen LogP contribution in [0.15, 0.2) is 67.4 Å². The van der Waals surface area contributed by atoms with Crippen molar-refractivity contribution < 1.29 is 17.9 Å². The molecule has 0 aliphatic carbocycles. The summed E-state index contributed by atoms with van der Waals surface area (Å²) in [4.78, 5) is 15.8. The monoisotopic (exact) mass is 358 g/mol. The zero-order valence-electron chi connectivity index (χ0n) is 13.5. The third kappa shape index (κ3) is 6.60. The maximum Gasteiger partial charge on any atom is 0.257 e. The van der Waals surface area contributed by atoms with Crippen molar-refractivity contribution in [2.24, 2.45) is 0 Å². The fourth-order valence-electron chi connectivity index (χ4n) is 1.87. The number of amides is 1. The lowest BCUT2D eigenvalue weighted by atomic mass is 10.2. The molecule has 0 radical (unpaired) electrons. The van der Waals surface area contributed by atoms with Gasteiger partial charge in [-0.3, -0.25) is 9.78 Å². The van der Waals surface area contributed by atoms with Crippen LogP contribution in [0.3, 0.4) is 0 Å². The number of pyridine rings is 1. The number of ether oxygens (including phenoxy) is 1. The average Bonchev–Trinajstić information content (AvgIpc) is 2.59. The van der Waals surface area contributed by atoms with Gasteiger partial charge in [0.2, 0.25) is 10.0 Å². The van der Waals surface area contributed by atoms with Gasteiger partial charge >= 0.3 is 0 Å². The van der Waals surface area contributed by atoms with Crippen LogP contribution in [-0.2, 0) is 21.4 Å². The highest BCUT2D eigenvalue weighted by Gasteiger charge is 2.09. The molecule has 0 saturated heterocycles. The molecule has 0 spiro atoms. The number of nitrogens with one attached hydrogen (secondary N) is 1. The van der Waals surface area contributed by atoms with Crippen LogP contribution < -0.4 is 9.46 Å². The molecule has 0 fully saturated rings. The van der Waals surface area contributed by atoms with Crippen LogP contribution in [0.2, 0.25) is 0 Å². The molecule has 1 heterocycles. The van der Waals surface area contributed by atoms with E-state index in [1.165, 1.54) is 12.2 Å². The van der Waals surface area contributed by atoms with Crippen molar-refractivity contribution in [3.63, 3.8) is 0 Å². The maximum atomic E-state index is 11.6. The topological polar surface area (TPSA) is 85.4 Å². The van der Waals surface area contributed by atoms with Crippen LogP contribution in [0.1, 0.15) is 11.3 Å². The van der Waals surface area contributed by atoms with Gasteiger partial charge in [0.15, 0.2) is 0 Å². The maximum absolute atomic E-state index is 11.6. The number of carbonyl (C=O) groups is 1. The Morgan fingerprint density at radius 2 is 1.96 bits per heavy atom. The zero-order chi connectivity index (χ0) is 18.1. The van der Waals surface area contributed by atoms with E-state index in [1.807, 2.05) is 22.9 Å². The van der Waals surface area contributed by atoms with Crippen molar-refractivity contribution in [2.45, 2.75) is 6.61 Å². The summed E-state index contributed by atoms with van der Waals surface area (Å²) >= 11 is 0. The summed E-state index contributed by atoms with van der Waals surface area (Å²) in [6.07, 6.45) is 5.58. The number of aromatic nitrogens is 1. The molecule has 0 atom stereocenters. The number of carbonyl (C=O) groups excluding carboxylic acids is 1. The van der Waals surface area contributed by atoms with Crippen LogP contribution in [0, 0.1) is 0 Å². The molecule has 0 unspecified atom stereocenters. The lowest BCUT2D eigenvalue weighted by Crippen LogP contribution is -2.30. The molecule has 1 amide bonds. The number of rotatable bonds is 8. The molecule has 2 aromatic rings. The third-order valence-electron chi connectivity index (χ3n) is 3.01. The highest BCUT2D eigenvalue weighted by atomic mass is 32.2. The Bertz CT molecular complexity index is 844. The summed E-state index contributed by atoms with van der Waals surface area (Å²) < 4.78 is 30.4. The molecule has 0 bridgehead atoms. The number of sulfonamides is 1. The van der Waals surface area contributed by atoms with Gasteiger partial charge in [-0.15, -0.1) is 6.58 Å². The number of hydrogen-bond donors (Lipinski definition) is 1. The Balaban J connectivity index is 1.89. The van der Waals surface area contributed by atoms with E-state index in [9.17, 15) is 13.2 Å². The van der Waals surface area contributed by atoms with Crippen molar-refractivity contribution >= 4 is 22.0 Å². The van der Waals surface area contributed by atoms with Crippen LogP contribution >= 0.6 is 0 Å². The Morgan fingerprint density at radius 1 is 1.20 bits per heavy atom. The molecule has 0 aliphatic heterocycles. The highest BCUT2D eigenvalue weighted by Crippen LogP contribution is 2.14. The van der Waals surface area contributed by atoms with Gasteiger partial charge in [0.1, 0.15) is 12.4 Å². The smallest absolute Gasteiger partial charge is 0.257 e. The first kappa shape index (κ1) is 18.4. The first-order valence-electron chi connectivity index (χ1n) is 7.45. The van der Waals surface area contributed by atoms with Gasteiger partial charge < -0.3 is 4.74 Å². The predicted molar refractivity (Wildman–Crippen MR) is 96.2 cm³/mol. The van der Waals surface area contributed by atoms with Crippen molar-refractivity contribution in [1.29, 1.82) is 0 Å². The van der Waals surface area contributed by atoms with Gasteiger partial charge in [0, 0.05) is 12.3 Å². The minimum absolute atomic E-state index is 0.311. The Labute approximate surface area is 146 Å². The summed E-state index contributed by atoms with van der Waals surface area (Å²) in [7, 11) is -3.67. The Morgan fingerprint density at radius 3 is 2.60 bits per heavy atom. The fourth-order valence-corrected chi connectivity index (χ4v) is 2.64. The van der Waals surface area contributed by atoms with Crippen molar-refractivity contribution in [3.8, 4) is 5.75 Å². The van der Waals surface area contributed by atoms with Crippen molar-refractivity contribution in [2.75, 3.05) is 5.75 Å². The van der Waals surface area contributed by atoms with Crippen LogP contribution in [0.5, 0.6) is 5.75 Å². The minimum atomic E-state index is -3.67. The SMILES string of the molecule is C=CCS(=O)(=O)NC(=O)C=Cc1ccc(OCc2ccccn2)cc1. The molecule has 0 aliphatic rings. The molecule has 6 nitrogen and oxygen atoms in total. The van der Waals surface area contributed by atoms with E-state index in [0.29, 0.717) is 12.4 Å². The second kappa shape index (κ2) is 8.79. The lowest BCUT2D eigenvalue weighted by Gasteiger charge is -2.05. The van der Waals surface area contributed by atoms with Crippen LogP contribution in [0.25, 0.3) is 6.08 Å². The van der Waals surface area contributed by atoms with E-state index in [1.54, 1.807) is 30.5 Å². The largest absolute Gasteiger partial charge is 0.487 e. The van der Waals surface area contributed by atoms with Gasteiger partial charge in [0.25, 0.3) is 5.91 Å². The molecule has 1 N–H and O–H groups in total. The third-order valence-corrected chi connectivity index (χ3v) is 4.20. The first-order chi connectivity index (χ1) is 12.0. The summed E-state index contributed by atoms with van der Waals surface area (Å²) in [5, 5.41) is 0. The van der Waals surface area contributed by atoms with Gasteiger partial charge in [-0.2, -0.15) is 0 Å². The van der Waals surface area contributed by atoms with Crippen LogP contribution in [0.4, 0.5) is 0 Å². The Kier molecular flexibility index (Phi) is 6.47. The molecule has 25 heavy (non-hydrogen) atoms. The highest BCUT2D eigenvalue weighted by molar-refractivity contribution is 7.90. The van der Waals surface area contributed by atoms with Gasteiger partial charge in [-0.05, 0) is 35.9 Å². The quantitative estimate of drug-likeness (QED) is 0.578. The Hall–Kier alpha value is -2.93. The van der Waals surface area contributed by atoms with E-state index in [-0.39, 0.29) is 5.75 Å². The van der Waals surface area contributed by atoms with E-state index < -0.39 is 15.9 Å². The number of hydrogen-bond acceptors (Lipinski definition) is 5. The summed E-state index contributed by atoms with van der Waals surface area (Å²) in [5.41, 5.74) is 1.56. The summed E-state index contributed by atoms with van der Waals surface area (Å²) in [6.45, 7) is 3.69. The van der Waals surface area contributed by atoms with Gasteiger partial charge in [0.05, 0.1) is 11.4 Å². The first-order valence-corrected chi connectivity index (χ1v) is 9.10. The minimum Gasteiger partial charge on any atom is -0.487 e. The molecule has 0 saturated carbocycles.